The van der Waals surface area contributed by atoms with Gasteiger partial charge < -0.3 is 5.11 Å². The summed E-state index contributed by atoms with van der Waals surface area (Å²) in [5.41, 5.74) is 1.01. The van der Waals surface area contributed by atoms with Crippen molar-refractivity contribution in [2.75, 3.05) is 13.1 Å². The van der Waals surface area contributed by atoms with E-state index in [0.29, 0.717) is 0 Å². The molecule has 0 atom stereocenters. The smallest absolute Gasteiger partial charge is 0.318 e. The van der Waals surface area contributed by atoms with Crippen LogP contribution in [-0.4, -0.2) is 36.9 Å². The first-order valence-corrected chi connectivity index (χ1v) is 7.48. The maximum absolute atomic E-state index is 12.3. The summed E-state index contributed by atoms with van der Waals surface area (Å²) in [6.45, 7) is 3.07. The molecule has 0 amide bonds. The van der Waals surface area contributed by atoms with Gasteiger partial charge in [0.15, 0.2) is 0 Å². The molecule has 6 heteroatoms. The molecule has 0 aliphatic carbocycles. The molecule has 0 radical (unpaired) electrons. The molecular weight excluding hydrogens is 278 g/mol. The van der Waals surface area contributed by atoms with Gasteiger partial charge >= 0.3 is 5.97 Å². The number of rotatable bonds is 6. The van der Waals surface area contributed by atoms with E-state index in [1.165, 1.54) is 12.1 Å². The zero-order valence-electron chi connectivity index (χ0n) is 11.4. The molecule has 1 N–H and O–H groups in total. The van der Waals surface area contributed by atoms with Crippen LogP contribution >= 0.6 is 0 Å². The average Bonchev–Trinajstić information content (AvgIpc) is 2.37. The van der Waals surface area contributed by atoms with Crippen LogP contribution in [0.25, 0.3) is 0 Å². The number of sulfonamides is 1. The summed E-state index contributed by atoms with van der Waals surface area (Å²) in [5.74, 6) is 1.20. The maximum atomic E-state index is 12.3. The number of nitrogens with zero attached hydrogens (tertiary/aromatic N) is 1. The summed E-state index contributed by atoms with van der Waals surface area (Å²) in [6, 6.07) is 6.37. The minimum atomic E-state index is -3.89. The third-order valence-electron chi connectivity index (χ3n) is 2.76. The summed E-state index contributed by atoms with van der Waals surface area (Å²) < 4.78 is 25.4. The highest BCUT2D eigenvalue weighted by Gasteiger charge is 2.25. The molecule has 0 bridgehead atoms. The molecule has 1 rings (SSSR count). The van der Waals surface area contributed by atoms with Gasteiger partial charge in [0.05, 0.1) is 11.4 Å². The normalized spacial score (nSPS) is 11.6. The largest absolute Gasteiger partial charge is 0.480 e. The number of hydrogen-bond acceptors (Lipinski definition) is 3. The molecule has 0 aromatic heterocycles. The second-order valence-corrected chi connectivity index (χ2v) is 6.53. The van der Waals surface area contributed by atoms with E-state index in [2.05, 4.69) is 5.92 Å². The first-order valence-electron chi connectivity index (χ1n) is 6.04. The molecule has 0 aliphatic heterocycles. The number of carboxylic acids is 1. The van der Waals surface area contributed by atoms with Gasteiger partial charge in [0, 0.05) is 0 Å². The SMILES string of the molecule is C#CCN(CC(=O)O)S(=O)(=O)c1ccc(C(C)C)cc1. The highest BCUT2D eigenvalue weighted by atomic mass is 32.2. The minimum absolute atomic E-state index is 0.0402. The average molecular weight is 295 g/mol. The molecule has 108 valence electrons. The van der Waals surface area contributed by atoms with Gasteiger partial charge in [-0.25, -0.2) is 8.42 Å². The summed E-state index contributed by atoms with van der Waals surface area (Å²) in [5, 5.41) is 8.76. The summed E-state index contributed by atoms with van der Waals surface area (Å²) in [4.78, 5) is 10.8. The van der Waals surface area contributed by atoms with Crippen molar-refractivity contribution in [1.29, 1.82) is 0 Å². The van der Waals surface area contributed by atoms with E-state index in [1.807, 2.05) is 13.8 Å². The van der Waals surface area contributed by atoms with Gasteiger partial charge in [0.2, 0.25) is 10.0 Å². The monoisotopic (exact) mass is 295 g/mol. The van der Waals surface area contributed by atoms with E-state index < -0.39 is 22.5 Å². The second kappa shape index (κ2) is 6.55. The van der Waals surface area contributed by atoms with E-state index in [-0.39, 0.29) is 17.4 Å². The lowest BCUT2D eigenvalue weighted by Crippen LogP contribution is -2.36. The zero-order valence-corrected chi connectivity index (χ0v) is 12.2. The molecule has 0 heterocycles. The fourth-order valence-electron chi connectivity index (χ4n) is 1.65. The van der Waals surface area contributed by atoms with Crippen LogP contribution in [0, 0.1) is 12.3 Å². The molecule has 1 aromatic rings. The minimum Gasteiger partial charge on any atom is -0.480 e. The Morgan fingerprint density at radius 2 is 1.90 bits per heavy atom. The lowest BCUT2D eigenvalue weighted by atomic mass is 10.0. The lowest BCUT2D eigenvalue weighted by molar-refractivity contribution is -0.137. The zero-order chi connectivity index (χ0) is 15.3. The Labute approximate surface area is 119 Å². The van der Waals surface area contributed by atoms with Crippen LogP contribution in [0.2, 0.25) is 0 Å². The summed E-state index contributed by atoms with van der Waals surface area (Å²) >= 11 is 0. The molecule has 0 fully saturated rings. The van der Waals surface area contributed by atoms with Crippen molar-refractivity contribution in [1.82, 2.24) is 4.31 Å². The first-order chi connectivity index (χ1) is 9.28. The Hall–Kier alpha value is -1.84. The summed E-state index contributed by atoms with van der Waals surface area (Å²) in [6.07, 6.45) is 5.09. The van der Waals surface area contributed by atoms with Crippen LogP contribution in [-0.2, 0) is 14.8 Å². The van der Waals surface area contributed by atoms with Gasteiger partial charge in [0.1, 0.15) is 6.54 Å². The van der Waals surface area contributed by atoms with Crippen molar-refractivity contribution in [2.45, 2.75) is 24.7 Å². The van der Waals surface area contributed by atoms with Crippen LogP contribution in [0.4, 0.5) is 0 Å². The van der Waals surface area contributed by atoms with E-state index in [9.17, 15) is 13.2 Å². The number of benzene rings is 1. The Bertz CT molecular complexity index is 612. The van der Waals surface area contributed by atoms with E-state index in [0.717, 1.165) is 9.87 Å². The Balaban J connectivity index is 3.12. The number of carbonyl (C=O) groups is 1. The molecule has 5 nitrogen and oxygen atoms in total. The number of aliphatic carboxylic acids is 1. The maximum Gasteiger partial charge on any atom is 0.318 e. The topological polar surface area (TPSA) is 74.7 Å². The van der Waals surface area contributed by atoms with E-state index in [4.69, 9.17) is 11.5 Å². The number of carboxylic acid groups (broad SMARTS) is 1. The third-order valence-corrected chi connectivity index (χ3v) is 4.57. The molecule has 0 spiro atoms. The molecule has 1 aromatic carbocycles. The molecule has 0 aliphatic rings. The van der Waals surface area contributed by atoms with Crippen molar-refractivity contribution >= 4 is 16.0 Å². The fraction of sp³-hybridized carbons (Fsp3) is 0.357. The van der Waals surface area contributed by atoms with Gasteiger partial charge in [-0.2, -0.15) is 4.31 Å². The van der Waals surface area contributed by atoms with E-state index in [1.54, 1.807) is 12.1 Å². The molecule has 20 heavy (non-hydrogen) atoms. The number of hydrogen-bond donors (Lipinski definition) is 1. The van der Waals surface area contributed by atoms with Gasteiger partial charge in [-0.05, 0) is 23.6 Å². The van der Waals surface area contributed by atoms with Crippen LogP contribution in [0.3, 0.4) is 0 Å². The quantitative estimate of drug-likeness (QED) is 0.807. The van der Waals surface area contributed by atoms with E-state index >= 15 is 0 Å². The third kappa shape index (κ3) is 3.83. The van der Waals surface area contributed by atoms with Crippen molar-refractivity contribution in [3.05, 3.63) is 29.8 Å². The fourth-order valence-corrected chi connectivity index (χ4v) is 2.96. The molecule has 0 saturated carbocycles. The Kier molecular flexibility index (Phi) is 5.31. The van der Waals surface area contributed by atoms with Crippen molar-refractivity contribution in [3.63, 3.8) is 0 Å². The van der Waals surface area contributed by atoms with Gasteiger partial charge in [-0.3, -0.25) is 4.79 Å². The number of terminal acetylenes is 1. The highest BCUT2D eigenvalue weighted by molar-refractivity contribution is 7.89. The van der Waals surface area contributed by atoms with Gasteiger partial charge in [-0.15, -0.1) is 6.42 Å². The molecule has 0 unspecified atom stereocenters. The van der Waals surface area contributed by atoms with Crippen molar-refractivity contribution < 1.29 is 18.3 Å². The lowest BCUT2D eigenvalue weighted by Gasteiger charge is -2.18. The first kappa shape index (κ1) is 16.2. The Morgan fingerprint density at radius 3 is 2.30 bits per heavy atom. The van der Waals surface area contributed by atoms with Crippen LogP contribution in [0.5, 0.6) is 0 Å². The van der Waals surface area contributed by atoms with Crippen molar-refractivity contribution in [2.24, 2.45) is 0 Å². The predicted octanol–water partition coefficient (Wildman–Crippen LogP) is 1.52. The molecular formula is C14H17NO4S. The predicted molar refractivity (Wildman–Crippen MR) is 75.8 cm³/mol. The van der Waals surface area contributed by atoms with Gasteiger partial charge in [0.25, 0.3) is 0 Å². The van der Waals surface area contributed by atoms with Crippen LogP contribution < -0.4 is 0 Å². The second-order valence-electron chi connectivity index (χ2n) is 4.59. The van der Waals surface area contributed by atoms with Gasteiger partial charge in [-0.1, -0.05) is 31.9 Å². The van der Waals surface area contributed by atoms with Crippen LogP contribution in [0.1, 0.15) is 25.3 Å². The Morgan fingerprint density at radius 1 is 1.35 bits per heavy atom. The van der Waals surface area contributed by atoms with Crippen LogP contribution in [0.15, 0.2) is 29.2 Å². The standard InChI is InChI=1S/C14H17NO4S/c1-4-9-15(10-14(16)17)20(18,19)13-7-5-12(6-8-13)11(2)3/h1,5-8,11H,9-10H2,2-3H3,(H,16,17). The highest BCUT2D eigenvalue weighted by Crippen LogP contribution is 2.20. The molecule has 0 saturated heterocycles. The summed E-state index contributed by atoms with van der Waals surface area (Å²) in [7, 11) is -3.89. The van der Waals surface area contributed by atoms with Crippen molar-refractivity contribution in [3.8, 4) is 12.3 Å².